The first-order valence-corrected chi connectivity index (χ1v) is 4.59. The van der Waals surface area contributed by atoms with Gasteiger partial charge in [0.15, 0.2) is 6.61 Å². The molecule has 0 aromatic heterocycles. The predicted octanol–water partition coefficient (Wildman–Crippen LogP) is 0.110. The van der Waals surface area contributed by atoms with Crippen molar-refractivity contribution in [3.63, 3.8) is 0 Å². The molecule has 80 valence electrons. The van der Waals surface area contributed by atoms with Gasteiger partial charge < -0.3 is 19.8 Å². The summed E-state index contributed by atoms with van der Waals surface area (Å²) >= 11 is 0. The van der Waals surface area contributed by atoms with E-state index < -0.39 is 0 Å². The molecule has 0 aliphatic carbocycles. The van der Waals surface area contributed by atoms with Crippen molar-refractivity contribution in [3.8, 4) is 11.5 Å². The van der Waals surface area contributed by atoms with Gasteiger partial charge in [-0.1, -0.05) is 0 Å². The van der Waals surface area contributed by atoms with Crippen LogP contribution in [-0.2, 0) is 4.79 Å². The minimum atomic E-state index is -0.192. The van der Waals surface area contributed by atoms with Gasteiger partial charge in [-0.2, -0.15) is 0 Å². The average Bonchev–Trinajstić information content (AvgIpc) is 2.22. The first-order valence-electron chi connectivity index (χ1n) is 4.59. The molecule has 0 radical (unpaired) electrons. The lowest BCUT2D eigenvalue weighted by atomic mass is 10.2. The van der Waals surface area contributed by atoms with E-state index in [4.69, 9.17) is 9.84 Å². The van der Waals surface area contributed by atoms with Crippen molar-refractivity contribution in [1.82, 2.24) is 0 Å². The fourth-order valence-electron chi connectivity index (χ4n) is 1.54. The van der Waals surface area contributed by atoms with Crippen molar-refractivity contribution in [2.24, 2.45) is 0 Å². The highest BCUT2D eigenvalue weighted by molar-refractivity contribution is 5.97. The van der Waals surface area contributed by atoms with Crippen LogP contribution in [0.1, 0.15) is 0 Å². The molecule has 0 fully saturated rings. The van der Waals surface area contributed by atoms with E-state index in [0.717, 1.165) is 0 Å². The number of fused-ring (bicyclic) bond motifs is 1. The number of ether oxygens (including phenoxy) is 1. The Hall–Kier alpha value is -1.75. The van der Waals surface area contributed by atoms with Crippen LogP contribution < -0.4 is 9.64 Å². The van der Waals surface area contributed by atoms with Gasteiger partial charge in [0.2, 0.25) is 0 Å². The number of carbonyl (C=O) groups is 1. The third-order valence-electron chi connectivity index (χ3n) is 2.21. The quantitative estimate of drug-likeness (QED) is 0.725. The summed E-state index contributed by atoms with van der Waals surface area (Å²) in [6.07, 6.45) is 0. The normalized spacial score (nSPS) is 14.7. The number of nitrogens with zero attached hydrogens (tertiary/aromatic N) is 1. The van der Waals surface area contributed by atoms with Gasteiger partial charge in [0.25, 0.3) is 5.91 Å². The first kappa shape index (κ1) is 9.79. The van der Waals surface area contributed by atoms with E-state index in [0.29, 0.717) is 11.4 Å². The summed E-state index contributed by atoms with van der Waals surface area (Å²) in [5.74, 6) is 0.359. The first-order chi connectivity index (χ1) is 7.22. The lowest BCUT2D eigenvalue weighted by Gasteiger charge is -2.28. The summed E-state index contributed by atoms with van der Waals surface area (Å²) in [7, 11) is 0. The fraction of sp³-hybridized carbons (Fsp3) is 0.300. The third kappa shape index (κ3) is 1.73. The maximum Gasteiger partial charge on any atom is 0.265 e. The predicted molar refractivity (Wildman–Crippen MR) is 53.0 cm³/mol. The van der Waals surface area contributed by atoms with Gasteiger partial charge >= 0.3 is 0 Å². The number of aromatic hydroxyl groups is 1. The highest BCUT2D eigenvalue weighted by Gasteiger charge is 2.24. The van der Waals surface area contributed by atoms with E-state index in [2.05, 4.69) is 0 Å². The summed E-state index contributed by atoms with van der Waals surface area (Å²) in [4.78, 5) is 12.9. The standard InChI is InChI=1S/C10H11NO4/c12-4-3-11-8-2-1-7(13)5-9(8)15-6-10(11)14/h1-2,5,12-13H,3-4,6H2. The van der Waals surface area contributed by atoms with E-state index in [1.165, 1.54) is 17.0 Å². The molecule has 2 N–H and O–H groups in total. The van der Waals surface area contributed by atoms with Gasteiger partial charge in [-0.25, -0.2) is 0 Å². The Morgan fingerprint density at radius 1 is 1.47 bits per heavy atom. The number of phenolic OH excluding ortho intramolecular Hbond substituents is 1. The van der Waals surface area contributed by atoms with Crippen LogP contribution in [0.3, 0.4) is 0 Å². The zero-order chi connectivity index (χ0) is 10.8. The Morgan fingerprint density at radius 2 is 2.27 bits per heavy atom. The zero-order valence-electron chi connectivity index (χ0n) is 8.01. The molecule has 1 aliphatic heterocycles. The lowest BCUT2D eigenvalue weighted by Crippen LogP contribution is -2.40. The molecule has 0 bridgehead atoms. The van der Waals surface area contributed by atoms with E-state index in [1.807, 2.05) is 0 Å². The smallest absolute Gasteiger partial charge is 0.265 e. The summed E-state index contributed by atoms with van der Waals surface area (Å²) < 4.78 is 5.16. The van der Waals surface area contributed by atoms with Gasteiger partial charge in [-0.05, 0) is 12.1 Å². The number of hydrogen-bond acceptors (Lipinski definition) is 4. The maximum atomic E-state index is 11.5. The summed E-state index contributed by atoms with van der Waals surface area (Å²) in [5, 5.41) is 18.1. The number of hydrogen-bond donors (Lipinski definition) is 2. The monoisotopic (exact) mass is 209 g/mol. The molecule has 1 heterocycles. The molecule has 5 nitrogen and oxygen atoms in total. The maximum absolute atomic E-state index is 11.5. The van der Waals surface area contributed by atoms with Gasteiger partial charge in [0.1, 0.15) is 11.5 Å². The second-order valence-corrected chi connectivity index (χ2v) is 3.21. The minimum absolute atomic E-state index is 0.0591. The Bertz CT molecular complexity index is 391. The van der Waals surface area contributed by atoms with Crippen molar-refractivity contribution in [2.45, 2.75) is 0 Å². The second-order valence-electron chi connectivity index (χ2n) is 3.21. The Morgan fingerprint density at radius 3 is 3.00 bits per heavy atom. The molecule has 0 spiro atoms. The van der Waals surface area contributed by atoms with Crippen LogP contribution in [0.2, 0.25) is 0 Å². The van der Waals surface area contributed by atoms with Crippen LogP contribution in [0.4, 0.5) is 5.69 Å². The molecule has 1 amide bonds. The van der Waals surface area contributed by atoms with Crippen LogP contribution in [0.15, 0.2) is 18.2 Å². The highest BCUT2D eigenvalue weighted by Crippen LogP contribution is 2.34. The van der Waals surface area contributed by atoms with Gasteiger partial charge in [-0.3, -0.25) is 4.79 Å². The molecular formula is C10H11NO4. The number of anilines is 1. The molecule has 1 aliphatic rings. The number of β-amino-alcohol motifs (C(OH)–C–C–N with tert-alkyl or cyclic N) is 1. The van der Waals surface area contributed by atoms with E-state index >= 15 is 0 Å². The van der Waals surface area contributed by atoms with E-state index in [1.54, 1.807) is 6.07 Å². The molecule has 5 heteroatoms. The summed E-state index contributed by atoms with van der Waals surface area (Å²) in [6, 6.07) is 4.52. The zero-order valence-corrected chi connectivity index (χ0v) is 8.01. The molecule has 1 aromatic rings. The molecule has 0 unspecified atom stereocenters. The number of aliphatic hydroxyl groups is 1. The lowest BCUT2D eigenvalue weighted by molar-refractivity contribution is -0.121. The summed E-state index contributed by atoms with van der Waals surface area (Å²) in [5.41, 5.74) is 0.582. The number of phenols is 1. The van der Waals surface area contributed by atoms with Crippen molar-refractivity contribution in [3.05, 3.63) is 18.2 Å². The van der Waals surface area contributed by atoms with Crippen LogP contribution in [0, 0.1) is 0 Å². The fourth-order valence-corrected chi connectivity index (χ4v) is 1.54. The molecule has 0 saturated heterocycles. The Kier molecular flexibility index (Phi) is 2.47. The number of rotatable bonds is 2. The van der Waals surface area contributed by atoms with Crippen molar-refractivity contribution < 1.29 is 19.7 Å². The van der Waals surface area contributed by atoms with Crippen LogP contribution >= 0.6 is 0 Å². The number of aliphatic hydroxyl groups excluding tert-OH is 1. The molecular weight excluding hydrogens is 198 g/mol. The van der Waals surface area contributed by atoms with Crippen molar-refractivity contribution in [1.29, 1.82) is 0 Å². The molecule has 0 atom stereocenters. The topological polar surface area (TPSA) is 70.0 Å². The number of carbonyl (C=O) groups excluding carboxylic acids is 1. The minimum Gasteiger partial charge on any atom is -0.508 e. The SMILES string of the molecule is O=C1COc2cc(O)ccc2N1CCO. The van der Waals surface area contributed by atoms with Gasteiger partial charge in [-0.15, -0.1) is 0 Å². The largest absolute Gasteiger partial charge is 0.508 e. The van der Waals surface area contributed by atoms with Crippen molar-refractivity contribution in [2.75, 3.05) is 24.7 Å². The van der Waals surface area contributed by atoms with Crippen molar-refractivity contribution >= 4 is 11.6 Å². The van der Waals surface area contributed by atoms with Gasteiger partial charge in [0, 0.05) is 12.6 Å². The average molecular weight is 209 g/mol. The Balaban J connectivity index is 2.39. The molecule has 2 rings (SSSR count). The van der Waals surface area contributed by atoms with E-state index in [-0.39, 0.29) is 31.4 Å². The second kappa shape index (κ2) is 3.78. The van der Waals surface area contributed by atoms with E-state index in [9.17, 15) is 9.90 Å². The third-order valence-corrected chi connectivity index (χ3v) is 2.21. The number of amides is 1. The Labute approximate surface area is 86.5 Å². The molecule has 0 saturated carbocycles. The van der Waals surface area contributed by atoms with Gasteiger partial charge in [0.05, 0.1) is 12.3 Å². The summed E-state index contributed by atoms with van der Waals surface area (Å²) in [6.45, 7) is 0.0719. The number of benzene rings is 1. The van der Waals surface area contributed by atoms with Crippen LogP contribution in [0.25, 0.3) is 0 Å². The highest BCUT2D eigenvalue weighted by atomic mass is 16.5. The molecule has 1 aromatic carbocycles. The van der Waals surface area contributed by atoms with Crippen LogP contribution in [0.5, 0.6) is 11.5 Å². The van der Waals surface area contributed by atoms with Crippen LogP contribution in [-0.4, -0.2) is 35.9 Å². The molecule has 15 heavy (non-hydrogen) atoms.